The molecule has 2 aromatic rings. The van der Waals surface area contributed by atoms with Gasteiger partial charge in [-0.2, -0.15) is 0 Å². The summed E-state index contributed by atoms with van der Waals surface area (Å²) in [6, 6.07) is 13.3. The SMILES string of the molecule is Cc1cccnc1[PH](=O)c1ccccc1. The first-order chi connectivity index (χ1) is 7.29. The molecule has 0 fully saturated rings. The fourth-order valence-corrected chi connectivity index (χ4v) is 2.85. The monoisotopic (exact) mass is 217 g/mol. The van der Waals surface area contributed by atoms with E-state index in [0.29, 0.717) is 5.44 Å². The minimum atomic E-state index is -1.94. The molecule has 76 valence electrons. The highest BCUT2D eigenvalue weighted by Crippen LogP contribution is 2.19. The summed E-state index contributed by atoms with van der Waals surface area (Å²) < 4.78 is 12.2. The molecule has 1 unspecified atom stereocenters. The van der Waals surface area contributed by atoms with Gasteiger partial charge in [-0.25, -0.2) is 0 Å². The Morgan fingerprint density at radius 3 is 2.47 bits per heavy atom. The third-order valence-corrected chi connectivity index (χ3v) is 4.07. The maximum absolute atomic E-state index is 12.2. The van der Waals surface area contributed by atoms with Crippen LogP contribution in [0.25, 0.3) is 0 Å². The third-order valence-electron chi connectivity index (χ3n) is 2.26. The van der Waals surface area contributed by atoms with Crippen molar-refractivity contribution in [1.82, 2.24) is 4.98 Å². The van der Waals surface area contributed by atoms with Crippen LogP contribution in [0.5, 0.6) is 0 Å². The Balaban J connectivity index is 2.42. The lowest BCUT2D eigenvalue weighted by Gasteiger charge is -2.04. The average molecular weight is 217 g/mol. The van der Waals surface area contributed by atoms with Crippen LogP contribution in [0.1, 0.15) is 5.56 Å². The smallest absolute Gasteiger partial charge is 0.149 e. The Kier molecular flexibility index (Phi) is 2.98. The Morgan fingerprint density at radius 1 is 1.07 bits per heavy atom. The molecule has 15 heavy (non-hydrogen) atoms. The van der Waals surface area contributed by atoms with Gasteiger partial charge in [0.05, 0.1) is 0 Å². The van der Waals surface area contributed by atoms with E-state index in [4.69, 9.17) is 0 Å². The summed E-state index contributed by atoms with van der Waals surface area (Å²) in [7, 11) is -1.94. The summed E-state index contributed by atoms with van der Waals surface area (Å²) in [6.45, 7) is 1.94. The van der Waals surface area contributed by atoms with Crippen molar-refractivity contribution >= 4 is 18.5 Å². The van der Waals surface area contributed by atoms with Crippen molar-refractivity contribution in [2.45, 2.75) is 6.92 Å². The fraction of sp³-hybridized carbons (Fsp3) is 0.0833. The minimum Gasteiger partial charge on any atom is -0.315 e. The Labute approximate surface area is 89.8 Å². The highest BCUT2D eigenvalue weighted by molar-refractivity contribution is 7.61. The van der Waals surface area contributed by atoms with Gasteiger partial charge in [-0.1, -0.05) is 36.4 Å². The van der Waals surface area contributed by atoms with E-state index in [1.165, 1.54) is 0 Å². The van der Waals surface area contributed by atoms with E-state index in [1.54, 1.807) is 6.20 Å². The highest BCUT2D eigenvalue weighted by Gasteiger charge is 2.09. The molecular weight excluding hydrogens is 205 g/mol. The third kappa shape index (κ3) is 2.16. The van der Waals surface area contributed by atoms with E-state index in [9.17, 15) is 4.57 Å². The zero-order valence-corrected chi connectivity index (χ0v) is 9.47. The van der Waals surface area contributed by atoms with Crippen LogP contribution in [-0.2, 0) is 4.57 Å². The van der Waals surface area contributed by atoms with Gasteiger partial charge >= 0.3 is 0 Å². The second kappa shape index (κ2) is 4.41. The lowest BCUT2D eigenvalue weighted by molar-refractivity contribution is 0.597. The van der Waals surface area contributed by atoms with E-state index in [1.807, 2.05) is 49.4 Å². The molecule has 0 aliphatic carbocycles. The number of nitrogens with zero attached hydrogens (tertiary/aromatic N) is 1. The highest BCUT2D eigenvalue weighted by atomic mass is 31.1. The normalized spacial score (nSPS) is 12.3. The van der Waals surface area contributed by atoms with Crippen LogP contribution in [0, 0.1) is 6.92 Å². The number of aromatic nitrogens is 1. The van der Waals surface area contributed by atoms with Gasteiger partial charge in [-0.15, -0.1) is 0 Å². The topological polar surface area (TPSA) is 30.0 Å². The molecule has 0 saturated heterocycles. The second-order valence-electron chi connectivity index (χ2n) is 3.36. The molecule has 2 nitrogen and oxygen atoms in total. The van der Waals surface area contributed by atoms with Gasteiger partial charge in [0, 0.05) is 11.5 Å². The molecule has 2 rings (SSSR count). The number of pyridine rings is 1. The Bertz CT molecular complexity index is 482. The second-order valence-corrected chi connectivity index (χ2v) is 5.07. The number of rotatable bonds is 2. The molecule has 0 amide bonds. The molecule has 0 bridgehead atoms. The first-order valence-corrected chi connectivity index (χ1v) is 6.21. The quantitative estimate of drug-likeness (QED) is 0.719. The molecule has 0 saturated carbocycles. The first kappa shape index (κ1) is 10.1. The lowest BCUT2D eigenvalue weighted by Crippen LogP contribution is -2.12. The standard InChI is InChI=1S/C12H12NOP/c1-10-6-5-9-13-12(10)15(14)11-7-3-2-4-8-11/h2-9,15H,1H3. The van der Waals surface area contributed by atoms with Crippen molar-refractivity contribution in [2.24, 2.45) is 0 Å². The van der Waals surface area contributed by atoms with Crippen molar-refractivity contribution in [2.75, 3.05) is 0 Å². The summed E-state index contributed by atoms with van der Waals surface area (Å²) in [4.78, 5) is 4.19. The molecule has 0 aliphatic rings. The van der Waals surface area contributed by atoms with Crippen molar-refractivity contribution in [3.63, 3.8) is 0 Å². The maximum Gasteiger partial charge on any atom is 0.149 e. The summed E-state index contributed by atoms with van der Waals surface area (Å²) in [6.07, 6.45) is 1.69. The van der Waals surface area contributed by atoms with Crippen molar-refractivity contribution in [3.8, 4) is 0 Å². The summed E-state index contributed by atoms with van der Waals surface area (Å²) in [5.41, 5.74) is 1.71. The van der Waals surface area contributed by atoms with E-state index in [0.717, 1.165) is 10.9 Å². The van der Waals surface area contributed by atoms with Gasteiger partial charge < -0.3 is 4.57 Å². The first-order valence-electron chi connectivity index (χ1n) is 4.80. The predicted molar refractivity (Wildman–Crippen MR) is 63.7 cm³/mol. The molecule has 0 radical (unpaired) electrons. The van der Waals surface area contributed by atoms with Gasteiger partial charge in [0.2, 0.25) is 0 Å². The van der Waals surface area contributed by atoms with Crippen LogP contribution in [0.3, 0.4) is 0 Å². The molecule has 3 heteroatoms. The van der Waals surface area contributed by atoms with Gasteiger partial charge in [0.25, 0.3) is 0 Å². The van der Waals surface area contributed by atoms with E-state index >= 15 is 0 Å². The van der Waals surface area contributed by atoms with Crippen molar-refractivity contribution < 1.29 is 4.57 Å². The van der Waals surface area contributed by atoms with E-state index in [2.05, 4.69) is 4.98 Å². The predicted octanol–water partition coefficient (Wildman–Crippen LogP) is 1.90. The molecule has 0 spiro atoms. The fourth-order valence-electron chi connectivity index (χ4n) is 1.45. The summed E-state index contributed by atoms with van der Waals surface area (Å²) >= 11 is 0. The van der Waals surface area contributed by atoms with Crippen LogP contribution in [-0.4, -0.2) is 4.98 Å². The largest absolute Gasteiger partial charge is 0.315 e. The van der Waals surface area contributed by atoms with Crippen molar-refractivity contribution in [1.29, 1.82) is 0 Å². The molecule has 1 heterocycles. The Morgan fingerprint density at radius 2 is 1.80 bits per heavy atom. The molecule has 1 aromatic heterocycles. The van der Waals surface area contributed by atoms with Crippen LogP contribution in [0.15, 0.2) is 48.7 Å². The van der Waals surface area contributed by atoms with Gasteiger partial charge in [0.15, 0.2) is 0 Å². The number of hydrogen-bond acceptors (Lipinski definition) is 2. The molecule has 1 aromatic carbocycles. The minimum absolute atomic E-state index is 0.716. The molecule has 0 aliphatic heterocycles. The lowest BCUT2D eigenvalue weighted by atomic mass is 10.3. The average Bonchev–Trinajstić information content (AvgIpc) is 2.30. The van der Waals surface area contributed by atoms with Crippen LogP contribution < -0.4 is 10.7 Å². The van der Waals surface area contributed by atoms with E-state index in [-0.39, 0.29) is 0 Å². The molecule has 1 atom stereocenters. The number of benzene rings is 1. The van der Waals surface area contributed by atoms with Gasteiger partial charge in [-0.05, 0) is 18.6 Å². The van der Waals surface area contributed by atoms with Crippen LogP contribution in [0.4, 0.5) is 0 Å². The number of aryl methyl sites for hydroxylation is 1. The van der Waals surface area contributed by atoms with Crippen molar-refractivity contribution in [3.05, 3.63) is 54.2 Å². The van der Waals surface area contributed by atoms with Gasteiger partial charge in [0.1, 0.15) is 13.2 Å². The zero-order chi connectivity index (χ0) is 10.7. The van der Waals surface area contributed by atoms with Crippen LogP contribution >= 0.6 is 7.80 Å². The molecule has 0 N–H and O–H groups in total. The number of hydrogen-bond donors (Lipinski definition) is 0. The maximum atomic E-state index is 12.2. The zero-order valence-electron chi connectivity index (χ0n) is 8.47. The Hall–Kier alpha value is -1.40. The summed E-state index contributed by atoms with van der Waals surface area (Å²) in [5, 5.41) is 0.865. The van der Waals surface area contributed by atoms with E-state index < -0.39 is 7.80 Å². The summed E-state index contributed by atoms with van der Waals surface area (Å²) in [5.74, 6) is 0. The van der Waals surface area contributed by atoms with Crippen LogP contribution in [0.2, 0.25) is 0 Å². The van der Waals surface area contributed by atoms with Gasteiger partial charge in [-0.3, -0.25) is 4.98 Å². The molecular formula is C12H12NOP.